The van der Waals surface area contributed by atoms with E-state index in [9.17, 15) is 4.79 Å². The minimum absolute atomic E-state index is 0.193. The molecule has 5 heteroatoms. The molecule has 1 N–H and O–H groups in total. The summed E-state index contributed by atoms with van der Waals surface area (Å²) in [7, 11) is 0. The van der Waals surface area contributed by atoms with Crippen molar-refractivity contribution in [2.75, 3.05) is 19.7 Å². The molecule has 0 bridgehead atoms. The number of hydrogen-bond donors (Lipinski definition) is 1. The average Bonchev–Trinajstić information content (AvgIpc) is 2.98. The van der Waals surface area contributed by atoms with Crippen LogP contribution >= 0.6 is 11.3 Å². The Morgan fingerprint density at radius 3 is 3.11 bits per heavy atom. The van der Waals surface area contributed by atoms with Crippen molar-refractivity contribution in [1.82, 2.24) is 4.90 Å². The number of carboxylic acid groups (broad SMARTS) is 1. The Kier molecular flexibility index (Phi) is 5.16. The van der Waals surface area contributed by atoms with Crippen molar-refractivity contribution in [3.05, 3.63) is 22.4 Å². The molecule has 2 rings (SSSR count). The Morgan fingerprint density at radius 1 is 1.61 bits per heavy atom. The highest BCUT2D eigenvalue weighted by Crippen LogP contribution is 2.17. The number of nitrogens with zero attached hydrogens (tertiary/aromatic N) is 1. The van der Waals surface area contributed by atoms with Crippen molar-refractivity contribution in [2.45, 2.75) is 31.9 Å². The molecule has 0 aromatic carbocycles. The monoisotopic (exact) mass is 269 g/mol. The third kappa shape index (κ3) is 4.40. The maximum atomic E-state index is 10.7. The highest BCUT2D eigenvalue weighted by Gasteiger charge is 2.20. The lowest BCUT2D eigenvalue weighted by Crippen LogP contribution is -2.33. The first-order valence-electron chi connectivity index (χ1n) is 6.32. The van der Waals surface area contributed by atoms with Gasteiger partial charge in [0.25, 0.3) is 0 Å². The molecule has 18 heavy (non-hydrogen) atoms. The molecule has 1 aliphatic heterocycles. The van der Waals surface area contributed by atoms with Gasteiger partial charge in [0.15, 0.2) is 0 Å². The molecule has 100 valence electrons. The number of ether oxygens (including phenoxy) is 1. The highest BCUT2D eigenvalue weighted by molar-refractivity contribution is 7.09. The Balaban J connectivity index is 1.86. The van der Waals surface area contributed by atoms with Crippen LogP contribution in [0.2, 0.25) is 0 Å². The van der Waals surface area contributed by atoms with Crippen molar-refractivity contribution < 1.29 is 14.6 Å². The molecule has 1 unspecified atom stereocenters. The number of carboxylic acids is 1. The maximum absolute atomic E-state index is 10.7. The predicted molar refractivity (Wildman–Crippen MR) is 70.8 cm³/mol. The molecular weight excluding hydrogens is 250 g/mol. The van der Waals surface area contributed by atoms with Gasteiger partial charge in [0.05, 0.1) is 12.5 Å². The van der Waals surface area contributed by atoms with Crippen LogP contribution in [0.25, 0.3) is 0 Å². The molecule has 1 saturated heterocycles. The van der Waals surface area contributed by atoms with Crippen LogP contribution in [0.5, 0.6) is 0 Å². The minimum Gasteiger partial charge on any atom is -0.481 e. The van der Waals surface area contributed by atoms with E-state index in [1.54, 1.807) is 11.3 Å². The third-order valence-electron chi connectivity index (χ3n) is 3.09. The molecule has 0 amide bonds. The van der Waals surface area contributed by atoms with Crippen LogP contribution in [0.3, 0.4) is 0 Å². The molecule has 0 saturated carbocycles. The minimum atomic E-state index is -0.737. The van der Waals surface area contributed by atoms with Gasteiger partial charge in [-0.15, -0.1) is 11.3 Å². The zero-order valence-electron chi connectivity index (χ0n) is 10.4. The van der Waals surface area contributed by atoms with Gasteiger partial charge in [-0.05, 0) is 24.3 Å². The molecule has 1 fully saturated rings. The van der Waals surface area contributed by atoms with E-state index in [-0.39, 0.29) is 12.5 Å². The summed E-state index contributed by atoms with van der Waals surface area (Å²) < 4.78 is 5.62. The lowest BCUT2D eigenvalue weighted by Gasteiger charge is -2.24. The molecule has 1 aromatic heterocycles. The molecule has 0 spiro atoms. The standard InChI is InChI=1S/C13H19NO3S/c15-13(16)5-6-14(9-11-3-1-7-17-11)10-12-4-2-8-18-12/h2,4,8,11H,1,3,5-7,9-10H2,(H,15,16). The van der Waals surface area contributed by atoms with Gasteiger partial charge in [-0.25, -0.2) is 0 Å². The van der Waals surface area contributed by atoms with Crippen LogP contribution in [-0.2, 0) is 16.1 Å². The van der Waals surface area contributed by atoms with E-state index in [0.717, 1.165) is 32.5 Å². The average molecular weight is 269 g/mol. The number of rotatable bonds is 7. The fourth-order valence-corrected chi connectivity index (χ4v) is 2.93. The third-order valence-corrected chi connectivity index (χ3v) is 3.95. The normalized spacial score (nSPS) is 19.5. The first kappa shape index (κ1) is 13.5. The molecule has 1 aromatic rings. The van der Waals surface area contributed by atoms with E-state index in [4.69, 9.17) is 9.84 Å². The van der Waals surface area contributed by atoms with Crippen molar-refractivity contribution in [3.8, 4) is 0 Å². The van der Waals surface area contributed by atoms with Crippen LogP contribution in [0.4, 0.5) is 0 Å². The summed E-state index contributed by atoms with van der Waals surface area (Å²) >= 11 is 1.71. The Hall–Kier alpha value is -0.910. The van der Waals surface area contributed by atoms with E-state index >= 15 is 0 Å². The molecule has 1 aliphatic rings. The van der Waals surface area contributed by atoms with Crippen molar-refractivity contribution >= 4 is 17.3 Å². The van der Waals surface area contributed by atoms with E-state index in [2.05, 4.69) is 16.3 Å². The number of carbonyl (C=O) groups is 1. The molecule has 4 nitrogen and oxygen atoms in total. The van der Waals surface area contributed by atoms with Gasteiger partial charge in [-0.1, -0.05) is 6.07 Å². The second kappa shape index (κ2) is 6.87. The number of thiophene rings is 1. The zero-order chi connectivity index (χ0) is 12.8. The zero-order valence-corrected chi connectivity index (χ0v) is 11.2. The number of hydrogen-bond acceptors (Lipinski definition) is 4. The van der Waals surface area contributed by atoms with Crippen LogP contribution in [-0.4, -0.2) is 41.8 Å². The Bertz CT molecular complexity index is 360. The summed E-state index contributed by atoms with van der Waals surface area (Å²) in [6.07, 6.45) is 2.68. The van der Waals surface area contributed by atoms with Crippen LogP contribution in [0, 0.1) is 0 Å². The number of aliphatic carboxylic acids is 1. The van der Waals surface area contributed by atoms with Crippen molar-refractivity contribution in [1.29, 1.82) is 0 Å². The SMILES string of the molecule is O=C(O)CCN(Cc1cccs1)CC1CCCO1. The Labute approximate surface area is 111 Å². The molecule has 1 atom stereocenters. The van der Waals surface area contributed by atoms with Gasteiger partial charge >= 0.3 is 5.97 Å². The summed E-state index contributed by atoms with van der Waals surface area (Å²) in [5.41, 5.74) is 0. The van der Waals surface area contributed by atoms with E-state index < -0.39 is 5.97 Å². The molecule has 0 radical (unpaired) electrons. The van der Waals surface area contributed by atoms with Gasteiger partial charge in [-0.3, -0.25) is 9.69 Å². The molecule has 0 aliphatic carbocycles. The second-order valence-corrected chi connectivity index (χ2v) is 5.63. The van der Waals surface area contributed by atoms with Gasteiger partial charge in [-0.2, -0.15) is 0 Å². The lowest BCUT2D eigenvalue weighted by molar-refractivity contribution is -0.137. The van der Waals surface area contributed by atoms with E-state index in [1.807, 2.05) is 6.07 Å². The summed E-state index contributed by atoms with van der Waals surface area (Å²) in [6.45, 7) is 3.10. The molecule has 2 heterocycles. The van der Waals surface area contributed by atoms with E-state index in [1.165, 1.54) is 4.88 Å². The van der Waals surface area contributed by atoms with Crippen molar-refractivity contribution in [3.63, 3.8) is 0 Å². The summed E-state index contributed by atoms with van der Waals surface area (Å²) in [5, 5.41) is 10.8. The first-order chi connectivity index (χ1) is 8.74. The van der Waals surface area contributed by atoms with Crippen LogP contribution < -0.4 is 0 Å². The van der Waals surface area contributed by atoms with Gasteiger partial charge in [0, 0.05) is 31.1 Å². The van der Waals surface area contributed by atoms with Gasteiger partial charge < -0.3 is 9.84 Å². The predicted octanol–water partition coefficient (Wildman–Crippen LogP) is 2.20. The quantitative estimate of drug-likeness (QED) is 0.824. The Morgan fingerprint density at radius 2 is 2.50 bits per heavy atom. The second-order valence-electron chi connectivity index (χ2n) is 4.59. The van der Waals surface area contributed by atoms with Gasteiger partial charge in [0.2, 0.25) is 0 Å². The largest absolute Gasteiger partial charge is 0.481 e. The fourth-order valence-electron chi connectivity index (χ4n) is 2.19. The van der Waals surface area contributed by atoms with Crippen LogP contribution in [0.15, 0.2) is 17.5 Å². The smallest absolute Gasteiger partial charge is 0.304 e. The fraction of sp³-hybridized carbons (Fsp3) is 0.615. The van der Waals surface area contributed by atoms with Crippen LogP contribution in [0.1, 0.15) is 24.1 Å². The summed E-state index contributed by atoms with van der Waals surface area (Å²) in [5.74, 6) is -0.737. The summed E-state index contributed by atoms with van der Waals surface area (Å²) in [4.78, 5) is 14.2. The lowest BCUT2D eigenvalue weighted by atomic mass is 10.2. The maximum Gasteiger partial charge on any atom is 0.304 e. The van der Waals surface area contributed by atoms with E-state index in [0.29, 0.717) is 6.54 Å². The molecular formula is C13H19NO3S. The first-order valence-corrected chi connectivity index (χ1v) is 7.20. The van der Waals surface area contributed by atoms with Crippen molar-refractivity contribution in [2.24, 2.45) is 0 Å². The summed E-state index contributed by atoms with van der Waals surface area (Å²) in [6, 6.07) is 4.12. The topological polar surface area (TPSA) is 49.8 Å². The van der Waals surface area contributed by atoms with Gasteiger partial charge in [0.1, 0.15) is 0 Å². The highest BCUT2D eigenvalue weighted by atomic mass is 32.1.